The van der Waals surface area contributed by atoms with E-state index in [-0.39, 0.29) is 21.8 Å². The molecular formula is C26H28Cl2FN5O3. The number of hydrogen-bond donors (Lipinski definition) is 1. The molecule has 1 N–H and O–H groups in total. The van der Waals surface area contributed by atoms with Gasteiger partial charge in [0.2, 0.25) is 0 Å². The van der Waals surface area contributed by atoms with Crippen molar-refractivity contribution >= 4 is 57.4 Å². The minimum Gasteiger partial charge on any atom is -0.495 e. The molecule has 2 aliphatic heterocycles. The summed E-state index contributed by atoms with van der Waals surface area (Å²) in [6.07, 6.45) is 1.14. The molecule has 0 bridgehead atoms. The smallest absolute Gasteiger partial charge is 0.410 e. The van der Waals surface area contributed by atoms with E-state index in [4.69, 9.17) is 32.7 Å². The van der Waals surface area contributed by atoms with E-state index >= 15 is 0 Å². The van der Waals surface area contributed by atoms with Gasteiger partial charge in [-0.3, -0.25) is 0 Å². The van der Waals surface area contributed by atoms with Crippen LogP contribution in [0.25, 0.3) is 10.9 Å². The summed E-state index contributed by atoms with van der Waals surface area (Å²) in [5, 5.41) is 3.71. The first-order valence-corrected chi connectivity index (χ1v) is 12.8. The number of nitrogens with one attached hydrogen (secondary N) is 1. The van der Waals surface area contributed by atoms with Crippen molar-refractivity contribution < 1.29 is 18.7 Å². The molecule has 2 fully saturated rings. The van der Waals surface area contributed by atoms with Crippen molar-refractivity contribution in [3.63, 3.8) is 0 Å². The van der Waals surface area contributed by atoms with Gasteiger partial charge in [0.25, 0.3) is 0 Å². The standard InChI is InChI=1S/C26H28Cl2FN5O3/c1-26(2,3)37-25(35)34-11-14-9-33(10-15(14)12-34)20-7-16-19(8-21(20)36-4)30-13-31-24(16)32-18-6-5-17(27)22(28)23(18)29/h5-8,13-15H,9-12H2,1-4H3,(H,30,31,32). The van der Waals surface area contributed by atoms with E-state index in [0.717, 1.165) is 18.8 Å². The summed E-state index contributed by atoms with van der Waals surface area (Å²) in [6, 6.07) is 6.85. The molecule has 11 heteroatoms. The maximum atomic E-state index is 14.7. The van der Waals surface area contributed by atoms with Crippen molar-refractivity contribution in [2.45, 2.75) is 26.4 Å². The molecule has 1 amide bonds. The molecule has 3 aromatic rings. The summed E-state index contributed by atoms with van der Waals surface area (Å²) in [7, 11) is 1.62. The van der Waals surface area contributed by atoms with Crippen LogP contribution in [0.5, 0.6) is 5.75 Å². The second-order valence-electron chi connectivity index (χ2n) is 10.4. The van der Waals surface area contributed by atoms with Gasteiger partial charge < -0.3 is 24.6 Å². The molecule has 3 heterocycles. The van der Waals surface area contributed by atoms with Crippen molar-refractivity contribution in [2.24, 2.45) is 11.8 Å². The molecule has 2 atom stereocenters. The highest BCUT2D eigenvalue weighted by Crippen LogP contribution is 2.41. The van der Waals surface area contributed by atoms with E-state index in [9.17, 15) is 9.18 Å². The zero-order valence-corrected chi connectivity index (χ0v) is 22.5. The number of hydrogen-bond acceptors (Lipinski definition) is 7. The van der Waals surface area contributed by atoms with Crippen molar-refractivity contribution in [2.75, 3.05) is 43.5 Å². The highest BCUT2D eigenvalue weighted by Gasteiger charge is 2.43. The van der Waals surface area contributed by atoms with Gasteiger partial charge in [0.15, 0.2) is 5.82 Å². The number of methoxy groups -OCH3 is 1. The molecule has 5 rings (SSSR count). The van der Waals surface area contributed by atoms with Crippen LogP contribution in [0.4, 0.5) is 26.4 Å². The Labute approximate surface area is 224 Å². The maximum Gasteiger partial charge on any atom is 0.410 e. The Hall–Kier alpha value is -3.04. The molecule has 2 aromatic carbocycles. The Morgan fingerprint density at radius 2 is 1.81 bits per heavy atom. The quantitative estimate of drug-likeness (QED) is 0.393. The van der Waals surface area contributed by atoms with E-state index in [0.29, 0.717) is 47.4 Å². The number of fused-ring (bicyclic) bond motifs is 2. The maximum absolute atomic E-state index is 14.7. The van der Waals surface area contributed by atoms with Crippen LogP contribution in [-0.2, 0) is 4.74 Å². The highest BCUT2D eigenvalue weighted by molar-refractivity contribution is 6.42. The zero-order chi connectivity index (χ0) is 26.5. The van der Waals surface area contributed by atoms with Gasteiger partial charge in [-0.05, 0) is 39.0 Å². The SMILES string of the molecule is COc1cc2ncnc(Nc3ccc(Cl)c(Cl)c3F)c2cc1N1CC2CN(C(=O)OC(C)(C)C)CC2C1. The summed E-state index contributed by atoms with van der Waals surface area (Å²) in [6.45, 7) is 8.46. The van der Waals surface area contributed by atoms with Gasteiger partial charge in [0.1, 0.15) is 23.5 Å². The van der Waals surface area contributed by atoms with Crippen LogP contribution in [0.1, 0.15) is 20.8 Å². The van der Waals surface area contributed by atoms with E-state index in [1.807, 2.05) is 32.9 Å². The Bertz CT molecular complexity index is 1350. The number of nitrogens with zero attached hydrogens (tertiary/aromatic N) is 4. The number of carbonyl (C=O) groups is 1. The van der Waals surface area contributed by atoms with E-state index in [2.05, 4.69) is 20.2 Å². The van der Waals surface area contributed by atoms with Gasteiger partial charge >= 0.3 is 6.09 Å². The predicted molar refractivity (Wildman–Crippen MR) is 143 cm³/mol. The number of anilines is 3. The molecule has 2 saturated heterocycles. The topological polar surface area (TPSA) is 79.8 Å². The second kappa shape index (κ2) is 9.68. The third-order valence-corrected chi connectivity index (χ3v) is 7.48. The Morgan fingerprint density at radius 3 is 2.46 bits per heavy atom. The van der Waals surface area contributed by atoms with E-state index in [1.165, 1.54) is 18.5 Å². The van der Waals surface area contributed by atoms with Gasteiger partial charge in [-0.2, -0.15) is 0 Å². The van der Waals surface area contributed by atoms with Crippen LogP contribution in [0.2, 0.25) is 10.0 Å². The largest absolute Gasteiger partial charge is 0.495 e. The minimum absolute atomic E-state index is 0.133. The third kappa shape index (κ3) is 5.07. The number of carbonyl (C=O) groups excluding carboxylic acids is 1. The first-order valence-electron chi connectivity index (χ1n) is 12.0. The van der Waals surface area contributed by atoms with Crippen LogP contribution in [-0.4, -0.2) is 59.9 Å². The lowest BCUT2D eigenvalue weighted by atomic mass is 10.0. The van der Waals surface area contributed by atoms with Crippen LogP contribution < -0.4 is 15.0 Å². The number of rotatable bonds is 4. The van der Waals surface area contributed by atoms with E-state index < -0.39 is 11.4 Å². The molecule has 0 aliphatic carbocycles. The molecule has 196 valence electrons. The van der Waals surface area contributed by atoms with Gasteiger partial charge in [0.05, 0.1) is 34.0 Å². The molecule has 0 radical (unpaired) electrons. The van der Waals surface area contributed by atoms with Gasteiger partial charge in [-0.1, -0.05) is 23.2 Å². The molecule has 0 spiro atoms. The number of amides is 1. The Morgan fingerprint density at radius 1 is 1.11 bits per heavy atom. The number of likely N-dealkylation sites (tertiary alicyclic amines) is 1. The van der Waals surface area contributed by atoms with Crippen LogP contribution >= 0.6 is 23.2 Å². The molecule has 2 aliphatic rings. The molecule has 2 unspecified atom stereocenters. The fraction of sp³-hybridized carbons (Fsp3) is 0.423. The Balaban J connectivity index is 1.41. The lowest BCUT2D eigenvalue weighted by Crippen LogP contribution is -2.37. The summed E-state index contributed by atoms with van der Waals surface area (Å²) in [5.74, 6) is 1.10. The second-order valence-corrected chi connectivity index (χ2v) is 11.2. The number of benzene rings is 2. The normalized spacial score (nSPS) is 19.3. The van der Waals surface area contributed by atoms with Crippen molar-refractivity contribution in [3.05, 3.63) is 46.5 Å². The van der Waals surface area contributed by atoms with Gasteiger partial charge in [-0.25, -0.2) is 19.2 Å². The first kappa shape index (κ1) is 25.6. The molecule has 37 heavy (non-hydrogen) atoms. The summed E-state index contributed by atoms with van der Waals surface area (Å²) < 4.78 is 26.0. The Kier molecular flexibility index (Phi) is 6.70. The zero-order valence-electron chi connectivity index (χ0n) is 21.0. The van der Waals surface area contributed by atoms with E-state index in [1.54, 1.807) is 12.0 Å². The number of aromatic nitrogens is 2. The average molecular weight is 548 g/mol. The fourth-order valence-electron chi connectivity index (χ4n) is 5.00. The average Bonchev–Trinajstić information content (AvgIpc) is 3.42. The number of halogens is 3. The van der Waals surface area contributed by atoms with Gasteiger partial charge in [-0.15, -0.1) is 0 Å². The lowest BCUT2D eigenvalue weighted by Gasteiger charge is -2.27. The van der Waals surface area contributed by atoms with Crippen LogP contribution in [0, 0.1) is 17.7 Å². The predicted octanol–water partition coefficient (Wildman–Crippen LogP) is 6.13. The van der Waals surface area contributed by atoms with Crippen molar-refractivity contribution in [3.8, 4) is 5.75 Å². The molecule has 1 aromatic heterocycles. The van der Waals surface area contributed by atoms with Crippen molar-refractivity contribution in [1.29, 1.82) is 0 Å². The summed E-state index contributed by atoms with van der Waals surface area (Å²) in [5.41, 5.74) is 1.17. The fourth-order valence-corrected chi connectivity index (χ4v) is 5.31. The monoisotopic (exact) mass is 547 g/mol. The summed E-state index contributed by atoms with van der Waals surface area (Å²) >= 11 is 11.9. The minimum atomic E-state index is -0.656. The van der Waals surface area contributed by atoms with Crippen LogP contribution in [0.15, 0.2) is 30.6 Å². The number of ether oxygens (including phenoxy) is 2. The summed E-state index contributed by atoms with van der Waals surface area (Å²) in [4.78, 5) is 25.3. The highest BCUT2D eigenvalue weighted by atomic mass is 35.5. The lowest BCUT2D eigenvalue weighted by molar-refractivity contribution is 0.0282. The third-order valence-electron chi connectivity index (χ3n) is 6.70. The van der Waals surface area contributed by atoms with Crippen molar-refractivity contribution in [1.82, 2.24) is 14.9 Å². The molecule has 8 nitrogen and oxygen atoms in total. The van der Waals surface area contributed by atoms with Crippen LogP contribution in [0.3, 0.4) is 0 Å². The molecule has 0 saturated carbocycles. The molecular weight excluding hydrogens is 520 g/mol. The van der Waals surface area contributed by atoms with Gasteiger partial charge in [0, 0.05) is 49.5 Å². The first-order chi connectivity index (χ1) is 17.5.